The summed E-state index contributed by atoms with van der Waals surface area (Å²) < 4.78 is 5.40. The molecule has 0 N–H and O–H groups in total. The normalized spacial score (nSPS) is 16.8. The van der Waals surface area contributed by atoms with Gasteiger partial charge in [0.15, 0.2) is 4.32 Å². The summed E-state index contributed by atoms with van der Waals surface area (Å²) in [6.45, 7) is 0. The van der Waals surface area contributed by atoms with E-state index in [9.17, 15) is 9.59 Å². The number of hydrogen-bond donors (Lipinski definition) is 0. The predicted octanol–water partition coefficient (Wildman–Crippen LogP) is 3.32. The van der Waals surface area contributed by atoms with Gasteiger partial charge in [-0.05, 0) is 24.3 Å². The highest BCUT2D eigenvalue weighted by molar-refractivity contribution is 8.26. The molecule has 2 amide bonds. The van der Waals surface area contributed by atoms with Crippen LogP contribution in [0.4, 0.5) is 0 Å². The van der Waals surface area contributed by atoms with Crippen molar-refractivity contribution in [2.24, 2.45) is 0 Å². The van der Waals surface area contributed by atoms with Crippen LogP contribution in [-0.4, -0.2) is 21.0 Å². The zero-order chi connectivity index (χ0) is 14.8. The molecule has 3 rings (SSSR count). The van der Waals surface area contributed by atoms with Gasteiger partial charge in [0.2, 0.25) is 0 Å². The highest BCUT2D eigenvalue weighted by Gasteiger charge is 2.37. The molecule has 0 unspecified atom stereocenters. The van der Waals surface area contributed by atoms with Crippen molar-refractivity contribution in [2.75, 3.05) is 0 Å². The monoisotopic (exact) mass is 315 g/mol. The van der Waals surface area contributed by atoms with Gasteiger partial charge in [-0.3, -0.25) is 9.59 Å². The minimum absolute atomic E-state index is 0.228. The number of hydrogen-bond acceptors (Lipinski definition) is 5. The maximum atomic E-state index is 12.4. The number of carbonyl (C=O) groups excluding carboxylic acids is 2. The number of thioether (sulfide) groups is 1. The third-order valence-corrected chi connectivity index (χ3v) is 4.14. The van der Waals surface area contributed by atoms with Gasteiger partial charge in [-0.15, -0.1) is 0 Å². The van der Waals surface area contributed by atoms with Gasteiger partial charge in [0.1, 0.15) is 5.76 Å². The first-order chi connectivity index (χ1) is 10.2. The third-order valence-electron chi connectivity index (χ3n) is 2.83. The zero-order valence-corrected chi connectivity index (χ0v) is 12.3. The summed E-state index contributed by atoms with van der Waals surface area (Å²) in [5, 5.41) is 0. The van der Waals surface area contributed by atoms with Crippen molar-refractivity contribution >= 4 is 46.2 Å². The standard InChI is InChI=1S/C15H9NO3S2/c17-13(10-5-2-1-3-6-10)16-14(18)12(21-15(16)20)9-11-7-4-8-19-11/h1-9H/b12-9+. The van der Waals surface area contributed by atoms with Gasteiger partial charge in [0, 0.05) is 11.6 Å². The number of benzene rings is 1. The zero-order valence-electron chi connectivity index (χ0n) is 10.7. The molecule has 1 saturated heterocycles. The van der Waals surface area contributed by atoms with Crippen LogP contribution in [0.2, 0.25) is 0 Å². The molecule has 0 spiro atoms. The van der Waals surface area contributed by atoms with Gasteiger partial charge >= 0.3 is 0 Å². The fourth-order valence-electron chi connectivity index (χ4n) is 1.86. The van der Waals surface area contributed by atoms with Crippen LogP contribution in [0.5, 0.6) is 0 Å². The molecule has 4 nitrogen and oxygen atoms in total. The molecular weight excluding hydrogens is 306 g/mol. The molecule has 0 bridgehead atoms. The Morgan fingerprint density at radius 1 is 1.19 bits per heavy atom. The second-order valence-electron chi connectivity index (χ2n) is 4.20. The number of furan rings is 1. The molecule has 0 atom stereocenters. The lowest BCUT2D eigenvalue weighted by atomic mass is 10.2. The van der Waals surface area contributed by atoms with E-state index < -0.39 is 11.8 Å². The van der Waals surface area contributed by atoms with Crippen LogP contribution in [0.15, 0.2) is 58.1 Å². The largest absolute Gasteiger partial charge is 0.465 e. The van der Waals surface area contributed by atoms with Gasteiger partial charge in [-0.1, -0.05) is 42.2 Å². The Balaban J connectivity index is 1.90. The van der Waals surface area contributed by atoms with E-state index in [1.54, 1.807) is 48.5 Å². The Kier molecular flexibility index (Phi) is 3.72. The number of imide groups is 1. The summed E-state index contributed by atoms with van der Waals surface area (Å²) in [6, 6.07) is 12.0. The number of amides is 2. The van der Waals surface area contributed by atoms with E-state index in [2.05, 4.69) is 0 Å². The quantitative estimate of drug-likeness (QED) is 0.483. The summed E-state index contributed by atoms with van der Waals surface area (Å²) >= 11 is 6.23. The first kappa shape index (κ1) is 13.8. The molecule has 1 aliphatic rings. The Morgan fingerprint density at radius 3 is 2.62 bits per heavy atom. The van der Waals surface area contributed by atoms with Crippen LogP contribution < -0.4 is 0 Å². The van der Waals surface area contributed by atoms with Crippen LogP contribution in [0.25, 0.3) is 6.08 Å². The van der Waals surface area contributed by atoms with Gasteiger partial charge in [-0.2, -0.15) is 0 Å². The molecule has 0 saturated carbocycles. The lowest BCUT2D eigenvalue weighted by molar-refractivity contribution is -0.120. The Hall–Kier alpha value is -2.18. The van der Waals surface area contributed by atoms with Crippen LogP contribution >= 0.6 is 24.0 Å². The second kappa shape index (κ2) is 5.67. The van der Waals surface area contributed by atoms with Crippen LogP contribution in [-0.2, 0) is 4.79 Å². The molecule has 1 fully saturated rings. The second-order valence-corrected chi connectivity index (χ2v) is 5.88. The fraction of sp³-hybridized carbons (Fsp3) is 0. The number of nitrogens with zero attached hydrogens (tertiary/aromatic N) is 1. The van der Waals surface area contributed by atoms with Gasteiger partial charge in [-0.25, -0.2) is 4.90 Å². The molecule has 0 aliphatic carbocycles. The number of rotatable bonds is 2. The summed E-state index contributed by atoms with van der Waals surface area (Å²) in [5.74, 6) is -0.293. The van der Waals surface area contributed by atoms with E-state index in [1.807, 2.05) is 0 Å². The Labute approximate surface area is 130 Å². The molecule has 1 aromatic heterocycles. The average molecular weight is 315 g/mol. The number of thiocarbonyl (C=S) groups is 1. The van der Waals surface area contributed by atoms with Crippen molar-refractivity contribution in [3.8, 4) is 0 Å². The number of carbonyl (C=O) groups is 2. The van der Waals surface area contributed by atoms with E-state index in [0.29, 0.717) is 16.2 Å². The van der Waals surface area contributed by atoms with E-state index in [4.69, 9.17) is 16.6 Å². The first-order valence-electron chi connectivity index (χ1n) is 6.07. The van der Waals surface area contributed by atoms with Gasteiger partial charge in [0.25, 0.3) is 11.8 Å². The van der Waals surface area contributed by atoms with Crippen molar-refractivity contribution in [2.45, 2.75) is 0 Å². The summed E-state index contributed by atoms with van der Waals surface area (Å²) in [6.07, 6.45) is 3.10. The van der Waals surface area contributed by atoms with E-state index in [1.165, 1.54) is 6.26 Å². The summed E-state index contributed by atoms with van der Waals surface area (Å²) in [4.78, 5) is 26.1. The predicted molar refractivity (Wildman–Crippen MR) is 84.5 cm³/mol. The molecule has 1 aromatic carbocycles. The molecule has 21 heavy (non-hydrogen) atoms. The summed E-state index contributed by atoms with van der Waals surface area (Å²) in [7, 11) is 0. The smallest absolute Gasteiger partial charge is 0.273 e. The van der Waals surface area contributed by atoms with Gasteiger partial charge in [0.05, 0.1) is 11.2 Å². The lowest BCUT2D eigenvalue weighted by Crippen LogP contribution is -2.34. The average Bonchev–Trinajstić information content (AvgIpc) is 3.09. The summed E-state index contributed by atoms with van der Waals surface area (Å²) in [5.41, 5.74) is 0.424. The van der Waals surface area contributed by atoms with Crippen molar-refractivity contribution in [3.05, 3.63) is 65.0 Å². The Morgan fingerprint density at radius 2 is 1.95 bits per heavy atom. The molecular formula is C15H9NO3S2. The minimum atomic E-state index is -0.421. The van der Waals surface area contributed by atoms with Crippen molar-refractivity contribution in [3.63, 3.8) is 0 Å². The van der Waals surface area contributed by atoms with Crippen LogP contribution in [0.1, 0.15) is 16.1 Å². The molecule has 1 aliphatic heterocycles. The van der Waals surface area contributed by atoms with Gasteiger partial charge < -0.3 is 4.42 Å². The van der Waals surface area contributed by atoms with Crippen LogP contribution in [0.3, 0.4) is 0 Å². The van der Waals surface area contributed by atoms with E-state index in [-0.39, 0.29) is 4.32 Å². The van der Waals surface area contributed by atoms with Crippen LogP contribution in [0, 0.1) is 0 Å². The first-order valence-corrected chi connectivity index (χ1v) is 7.30. The maximum Gasteiger partial charge on any atom is 0.273 e. The third kappa shape index (κ3) is 2.68. The minimum Gasteiger partial charge on any atom is -0.465 e. The molecule has 2 heterocycles. The molecule has 104 valence electrons. The fourth-order valence-corrected chi connectivity index (χ4v) is 3.09. The van der Waals surface area contributed by atoms with Crippen molar-refractivity contribution in [1.82, 2.24) is 4.90 Å². The molecule has 6 heteroatoms. The van der Waals surface area contributed by atoms with E-state index >= 15 is 0 Å². The maximum absolute atomic E-state index is 12.4. The van der Waals surface area contributed by atoms with Crippen molar-refractivity contribution < 1.29 is 14.0 Å². The molecule has 0 radical (unpaired) electrons. The lowest BCUT2D eigenvalue weighted by Gasteiger charge is -2.12. The highest BCUT2D eigenvalue weighted by Crippen LogP contribution is 2.33. The molecule has 2 aromatic rings. The highest BCUT2D eigenvalue weighted by atomic mass is 32.2. The SMILES string of the molecule is O=C1/C(=C\c2ccco2)SC(=S)N1C(=O)c1ccccc1. The topological polar surface area (TPSA) is 50.5 Å². The Bertz CT molecular complexity index is 736. The van der Waals surface area contributed by atoms with Crippen molar-refractivity contribution in [1.29, 1.82) is 0 Å². The van der Waals surface area contributed by atoms with E-state index in [0.717, 1.165) is 16.7 Å².